The number of hydrogen-bond acceptors (Lipinski definition) is 0. The molecule has 0 heterocycles. The third kappa shape index (κ3) is 8.99. The first-order valence-electron chi connectivity index (χ1n) is 2.73. The van der Waals surface area contributed by atoms with E-state index in [2.05, 4.69) is 69.6 Å². The molecule has 1 unspecified atom stereocenters. The number of hydrogen-bond donors (Lipinski definition) is 0. The van der Waals surface area contributed by atoms with Gasteiger partial charge in [-0.1, -0.05) is 64.1 Å². The Balaban J connectivity index is 3.88. The van der Waals surface area contributed by atoms with Gasteiger partial charge in [0.15, 0.2) is 0 Å². The summed E-state index contributed by atoms with van der Waals surface area (Å²) in [5.74, 6) is 3.10. The van der Waals surface area contributed by atoms with Crippen LogP contribution in [-0.2, 0) is 0 Å². The van der Waals surface area contributed by atoms with Gasteiger partial charge in [0.1, 0.15) is 10.9 Å². The topological polar surface area (TPSA) is 0 Å². The zero-order chi connectivity index (χ0) is 7.49. The van der Waals surface area contributed by atoms with Crippen molar-refractivity contribution in [3.63, 3.8) is 0 Å². The van der Waals surface area contributed by atoms with Crippen LogP contribution in [0.25, 0.3) is 0 Å². The van der Waals surface area contributed by atoms with Crippen LogP contribution in [0.2, 0.25) is 19.6 Å². The zero-order valence-corrected chi connectivity index (χ0v) is 10.6. The molecule has 9 heavy (non-hydrogen) atoms. The molecular formula is C6H10BrISi. The molecule has 0 saturated carbocycles. The Bertz CT molecular complexity index is 137. The Morgan fingerprint density at radius 2 is 1.89 bits per heavy atom. The molecule has 0 radical (unpaired) electrons. The molecule has 52 valence electrons. The first-order valence-corrected chi connectivity index (χ1v) is 8.39. The van der Waals surface area contributed by atoms with Gasteiger partial charge in [0, 0.05) is 0 Å². The van der Waals surface area contributed by atoms with Gasteiger partial charge in [-0.3, -0.25) is 0 Å². The summed E-state index contributed by atoms with van der Waals surface area (Å²) in [6.07, 6.45) is 0. The van der Waals surface area contributed by atoms with Gasteiger partial charge in [0.05, 0.1) is 0 Å². The monoisotopic (exact) mass is 316 g/mol. The number of rotatable bonds is 0. The van der Waals surface area contributed by atoms with Gasteiger partial charge in [0.2, 0.25) is 0 Å². The molecule has 0 bridgehead atoms. The largest absolute Gasteiger partial charge is 0.130 e. The Morgan fingerprint density at radius 3 is 2.00 bits per heavy atom. The summed E-state index contributed by atoms with van der Waals surface area (Å²) in [5, 5.41) is 0. The lowest BCUT2D eigenvalue weighted by atomic mass is 10.8. The van der Waals surface area contributed by atoms with E-state index in [0.29, 0.717) is 2.83 Å². The summed E-state index contributed by atoms with van der Waals surface area (Å²) < 4.78 is 0.321. The fraction of sp³-hybridized carbons (Fsp3) is 0.667. The third-order valence-electron chi connectivity index (χ3n) is 0.556. The standard InChI is InChI=1S/C6H10BrISi/c1-9(2,3)5-4-6(7)8/h6H,1-3H3. The van der Waals surface area contributed by atoms with Crippen LogP contribution >= 0.6 is 38.5 Å². The number of halogens is 2. The van der Waals surface area contributed by atoms with Crippen molar-refractivity contribution in [2.45, 2.75) is 22.5 Å². The summed E-state index contributed by atoms with van der Waals surface area (Å²) in [6.45, 7) is 6.73. The van der Waals surface area contributed by atoms with Crippen LogP contribution in [0.1, 0.15) is 0 Å². The summed E-state index contributed by atoms with van der Waals surface area (Å²) in [5.41, 5.74) is 3.26. The molecule has 0 aromatic rings. The van der Waals surface area contributed by atoms with E-state index >= 15 is 0 Å². The van der Waals surface area contributed by atoms with Gasteiger partial charge in [-0.05, 0) is 0 Å². The average molecular weight is 317 g/mol. The highest BCUT2D eigenvalue weighted by atomic mass is 127. The van der Waals surface area contributed by atoms with E-state index in [9.17, 15) is 0 Å². The van der Waals surface area contributed by atoms with Crippen molar-refractivity contribution in [3.8, 4) is 11.5 Å². The van der Waals surface area contributed by atoms with Crippen LogP contribution in [-0.4, -0.2) is 10.9 Å². The number of alkyl halides is 2. The normalized spacial score (nSPS) is 13.9. The van der Waals surface area contributed by atoms with E-state index in [1.807, 2.05) is 0 Å². The van der Waals surface area contributed by atoms with Gasteiger partial charge >= 0.3 is 0 Å². The van der Waals surface area contributed by atoms with Gasteiger partial charge in [0.25, 0.3) is 0 Å². The van der Waals surface area contributed by atoms with Crippen molar-refractivity contribution < 1.29 is 0 Å². The summed E-state index contributed by atoms with van der Waals surface area (Å²) in [7, 11) is -1.12. The van der Waals surface area contributed by atoms with Crippen molar-refractivity contribution in [1.29, 1.82) is 0 Å². The van der Waals surface area contributed by atoms with Gasteiger partial charge in [-0.25, -0.2) is 0 Å². The summed E-state index contributed by atoms with van der Waals surface area (Å²) in [6, 6.07) is 0. The van der Waals surface area contributed by atoms with E-state index in [1.54, 1.807) is 0 Å². The van der Waals surface area contributed by atoms with Crippen molar-refractivity contribution >= 4 is 46.6 Å². The molecule has 0 fully saturated rings. The Kier molecular flexibility index (Phi) is 4.43. The van der Waals surface area contributed by atoms with Crippen LogP contribution < -0.4 is 0 Å². The van der Waals surface area contributed by atoms with E-state index < -0.39 is 8.07 Å². The van der Waals surface area contributed by atoms with Crippen LogP contribution in [0.4, 0.5) is 0 Å². The predicted molar refractivity (Wildman–Crippen MR) is 57.9 cm³/mol. The second kappa shape index (κ2) is 3.99. The van der Waals surface area contributed by atoms with Gasteiger partial charge < -0.3 is 0 Å². The Labute approximate surface area is 80.1 Å². The zero-order valence-electron chi connectivity index (χ0n) is 5.83. The van der Waals surface area contributed by atoms with Crippen LogP contribution in [0.15, 0.2) is 0 Å². The highest BCUT2D eigenvalue weighted by Gasteiger charge is 2.07. The van der Waals surface area contributed by atoms with Gasteiger partial charge in [-0.15, -0.1) is 5.54 Å². The van der Waals surface area contributed by atoms with E-state index in [1.165, 1.54) is 0 Å². The lowest BCUT2D eigenvalue weighted by molar-refractivity contribution is 1.80. The van der Waals surface area contributed by atoms with E-state index in [0.717, 1.165) is 0 Å². The molecule has 0 aromatic heterocycles. The molecule has 0 amide bonds. The molecule has 0 spiro atoms. The molecular weight excluding hydrogens is 307 g/mol. The summed E-state index contributed by atoms with van der Waals surface area (Å²) >= 11 is 5.61. The first-order chi connectivity index (χ1) is 3.92. The maximum Gasteiger partial charge on any atom is 0.129 e. The lowest BCUT2D eigenvalue weighted by Gasteiger charge is -2.03. The lowest BCUT2D eigenvalue weighted by Crippen LogP contribution is -2.16. The van der Waals surface area contributed by atoms with Crippen molar-refractivity contribution in [1.82, 2.24) is 0 Å². The maximum absolute atomic E-state index is 3.36. The average Bonchev–Trinajstić information content (AvgIpc) is 1.59. The second-order valence-corrected chi connectivity index (χ2v) is 11.4. The molecule has 0 rings (SSSR count). The van der Waals surface area contributed by atoms with Crippen LogP contribution in [0.5, 0.6) is 0 Å². The SMILES string of the molecule is C[Si](C)(C)C#CC(Br)I. The minimum Gasteiger partial charge on any atom is -0.130 e. The van der Waals surface area contributed by atoms with E-state index in [4.69, 9.17) is 0 Å². The molecule has 0 aliphatic carbocycles. The smallest absolute Gasteiger partial charge is 0.129 e. The molecule has 0 saturated heterocycles. The minimum atomic E-state index is -1.12. The summed E-state index contributed by atoms with van der Waals surface area (Å²) in [4.78, 5) is 0. The fourth-order valence-electron chi connectivity index (χ4n) is 0.271. The molecule has 0 aliphatic rings. The van der Waals surface area contributed by atoms with Crippen molar-refractivity contribution in [2.24, 2.45) is 0 Å². The third-order valence-corrected chi connectivity index (χ3v) is 1.99. The first kappa shape index (κ1) is 9.99. The predicted octanol–water partition coefficient (Wildman–Crippen LogP) is 3.02. The highest BCUT2D eigenvalue weighted by Crippen LogP contribution is 2.07. The second-order valence-electron chi connectivity index (χ2n) is 2.82. The molecule has 0 aliphatic heterocycles. The van der Waals surface area contributed by atoms with Gasteiger partial charge in [-0.2, -0.15) is 0 Å². The molecule has 0 nitrogen and oxygen atoms in total. The van der Waals surface area contributed by atoms with Crippen LogP contribution in [0, 0.1) is 11.5 Å². The Morgan fingerprint density at radius 1 is 1.44 bits per heavy atom. The quantitative estimate of drug-likeness (QED) is 0.279. The van der Waals surface area contributed by atoms with Crippen LogP contribution in [0.3, 0.4) is 0 Å². The fourth-order valence-corrected chi connectivity index (χ4v) is 1.62. The molecule has 0 N–H and O–H groups in total. The van der Waals surface area contributed by atoms with E-state index in [-0.39, 0.29) is 0 Å². The molecule has 0 aromatic carbocycles. The molecule has 1 atom stereocenters. The maximum atomic E-state index is 3.36. The minimum absolute atomic E-state index is 0.321. The Hall–Kier alpha value is 0.987. The highest BCUT2D eigenvalue weighted by molar-refractivity contribution is 14.1. The van der Waals surface area contributed by atoms with Crippen molar-refractivity contribution in [3.05, 3.63) is 0 Å². The molecule has 3 heteroatoms. The van der Waals surface area contributed by atoms with Crippen molar-refractivity contribution in [2.75, 3.05) is 0 Å².